The molecular formula is C17H17Cl2N3O3. The predicted octanol–water partition coefficient (Wildman–Crippen LogP) is 4.34. The van der Waals surface area contributed by atoms with E-state index in [0.29, 0.717) is 24.8 Å². The van der Waals surface area contributed by atoms with Crippen LogP contribution in [-0.4, -0.2) is 41.1 Å². The van der Waals surface area contributed by atoms with E-state index in [1.807, 2.05) is 24.3 Å². The largest absolute Gasteiger partial charge is 0.506 e. The van der Waals surface area contributed by atoms with Gasteiger partial charge in [-0.2, -0.15) is 0 Å². The number of hydrogen-bond acceptors (Lipinski definition) is 5. The second-order valence-electron chi connectivity index (χ2n) is 5.14. The number of alkyl halides is 2. The zero-order valence-corrected chi connectivity index (χ0v) is 14.8. The van der Waals surface area contributed by atoms with Gasteiger partial charge < -0.3 is 10.0 Å². The first-order chi connectivity index (χ1) is 12.0. The van der Waals surface area contributed by atoms with Crippen LogP contribution in [0.5, 0.6) is 5.75 Å². The van der Waals surface area contributed by atoms with Crippen LogP contribution in [0.25, 0.3) is 0 Å². The molecule has 0 saturated carbocycles. The molecule has 0 aliphatic heterocycles. The molecule has 25 heavy (non-hydrogen) atoms. The van der Waals surface area contributed by atoms with E-state index in [-0.39, 0.29) is 17.1 Å². The normalized spacial score (nSPS) is 11.0. The van der Waals surface area contributed by atoms with Crippen LogP contribution in [0.2, 0.25) is 0 Å². The lowest BCUT2D eigenvalue weighted by molar-refractivity contribution is -0.384. The van der Waals surface area contributed by atoms with Crippen molar-refractivity contribution in [3.8, 4) is 5.75 Å². The average Bonchev–Trinajstić information content (AvgIpc) is 2.61. The fraction of sp³-hybridized carbons (Fsp3) is 0.235. The summed E-state index contributed by atoms with van der Waals surface area (Å²) in [5.41, 5.74) is 1.81. The van der Waals surface area contributed by atoms with E-state index >= 15 is 0 Å². The lowest BCUT2D eigenvalue weighted by Crippen LogP contribution is -2.27. The highest BCUT2D eigenvalue weighted by Crippen LogP contribution is 2.30. The Kier molecular flexibility index (Phi) is 7.03. The SMILES string of the molecule is O=[N+]([O-])c1ccc(O)c(N=Cc2ccc(N(CCCl)CCCl)cc2)c1. The van der Waals surface area contributed by atoms with Gasteiger partial charge >= 0.3 is 0 Å². The summed E-state index contributed by atoms with van der Waals surface area (Å²) < 4.78 is 0. The van der Waals surface area contributed by atoms with Crippen molar-refractivity contribution in [1.29, 1.82) is 0 Å². The number of non-ortho nitro benzene ring substituents is 1. The average molecular weight is 382 g/mol. The quantitative estimate of drug-likeness (QED) is 0.319. The van der Waals surface area contributed by atoms with Crippen molar-refractivity contribution < 1.29 is 10.0 Å². The minimum atomic E-state index is -0.532. The molecule has 2 rings (SSSR count). The molecular weight excluding hydrogens is 365 g/mol. The van der Waals surface area contributed by atoms with Gasteiger partial charge in [0.15, 0.2) is 0 Å². The summed E-state index contributed by atoms with van der Waals surface area (Å²) >= 11 is 11.6. The first-order valence-corrected chi connectivity index (χ1v) is 8.60. The van der Waals surface area contributed by atoms with Crippen LogP contribution in [0.3, 0.4) is 0 Å². The number of nitrogens with zero attached hydrogens (tertiary/aromatic N) is 3. The number of hydrogen-bond donors (Lipinski definition) is 1. The van der Waals surface area contributed by atoms with E-state index in [2.05, 4.69) is 9.89 Å². The molecule has 2 aromatic carbocycles. The van der Waals surface area contributed by atoms with Crippen LogP contribution >= 0.6 is 23.2 Å². The lowest BCUT2D eigenvalue weighted by atomic mass is 10.2. The summed E-state index contributed by atoms with van der Waals surface area (Å²) in [5, 5.41) is 20.6. The van der Waals surface area contributed by atoms with Gasteiger partial charge in [-0.1, -0.05) is 12.1 Å². The minimum Gasteiger partial charge on any atom is -0.506 e. The first kappa shape index (κ1) is 19.0. The highest BCUT2D eigenvalue weighted by molar-refractivity contribution is 6.18. The Labute approximate surface area is 155 Å². The maximum absolute atomic E-state index is 10.8. The summed E-state index contributed by atoms with van der Waals surface area (Å²) in [6, 6.07) is 11.3. The molecule has 0 saturated heterocycles. The van der Waals surface area contributed by atoms with Gasteiger partial charge in [0.2, 0.25) is 0 Å². The number of benzene rings is 2. The minimum absolute atomic E-state index is 0.117. The number of anilines is 1. The third-order valence-electron chi connectivity index (χ3n) is 3.49. The molecule has 0 aliphatic carbocycles. The number of phenolic OH excluding ortho intramolecular Hbond substituents is 1. The summed E-state index contributed by atoms with van der Waals surface area (Å²) in [6.45, 7) is 1.40. The molecule has 0 heterocycles. The fourth-order valence-electron chi connectivity index (χ4n) is 2.22. The number of rotatable bonds is 8. The van der Waals surface area contributed by atoms with Crippen molar-refractivity contribution in [3.63, 3.8) is 0 Å². The van der Waals surface area contributed by atoms with Crippen molar-refractivity contribution in [2.24, 2.45) is 4.99 Å². The summed E-state index contributed by atoms with van der Waals surface area (Å²) in [7, 11) is 0. The summed E-state index contributed by atoms with van der Waals surface area (Å²) in [6.07, 6.45) is 1.54. The highest BCUT2D eigenvalue weighted by atomic mass is 35.5. The van der Waals surface area contributed by atoms with Gasteiger partial charge in [0, 0.05) is 48.9 Å². The molecule has 0 amide bonds. The van der Waals surface area contributed by atoms with Gasteiger partial charge in [-0.15, -0.1) is 23.2 Å². The summed E-state index contributed by atoms with van der Waals surface area (Å²) in [5.74, 6) is 0.895. The van der Waals surface area contributed by atoms with E-state index in [9.17, 15) is 15.2 Å². The highest BCUT2D eigenvalue weighted by Gasteiger charge is 2.09. The van der Waals surface area contributed by atoms with Crippen molar-refractivity contribution in [3.05, 3.63) is 58.1 Å². The Bertz CT molecular complexity index is 745. The van der Waals surface area contributed by atoms with E-state index < -0.39 is 4.92 Å². The molecule has 132 valence electrons. The van der Waals surface area contributed by atoms with E-state index in [1.54, 1.807) is 0 Å². The van der Waals surface area contributed by atoms with Gasteiger partial charge in [0.25, 0.3) is 5.69 Å². The molecule has 0 fully saturated rings. The second kappa shape index (κ2) is 9.25. The third-order valence-corrected chi connectivity index (χ3v) is 3.83. The molecule has 0 unspecified atom stereocenters. The van der Waals surface area contributed by atoms with E-state index in [4.69, 9.17) is 23.2 Å². The third kappa shape index (κ3) is 5.34. The van der Waals surface area contributed by atoms with Crippen LogP contribution in [0, 0.1) is 10.1 Å². The van der Waals surface area contributed by atoms with Gasteiger partial charge in [-0.25, -0.2) is 0 Å². The number of aromatic hydroxyl groups is 1. The first-order valence-electron chi connectivity index (χ1n) is 7.53. The Hall–Kier alpha value is -2.31. The Morgan fingerprint density at radius 2 is 1.76 bits per heavy atom. The van der Waals surface area contributed by atoms with Gasteiger partial charge in [-0.05, 0) is 23.8 Å². The number of nitro benzene ring substituents is 1. The second-order valence-corrected chi connectivity index (χ2v) is 5.90. The zero-order valence-electron chi connectivity index (χ0n) is 13.3. The molecule has 0 aliphatic rings. The summed E-state index contributed by atoms with van der Waals surface area (Å²) in [4.78, 5) is 16.5. The van der Waals surface area contributed by atoms with Gasteiger partial charge in [-0.3, -0.25) is 15.1 Å². The smallest absolute Gasteiger partial charge is 0.271 e. The standard InChI is InChI=1S/C17H17Cl2N3O3/c18-7-9-21(10-8-19)14-3-1-13(2-4-14)12-20-16-11-15(22(24)25)5-6-17(16)23/h1-6,11-12,23H,7-10H2. The molecule has 0 atom stereocenters. The van der Waals surface area contributed by atoms with Crippen LogP contribution in [0.15, 0.2) is 47.5 Å². The fourth-order valence-corrected chi connectivity index (χ4v) is 2.63. The van der Waals surface area contributed by atoms with Gasteiger partial charge in [0.05, 0.1) is 4.92 Å². The molecule has 0 bridgehead atoms. The number of nitro groups is 1. The van der Waals surface area contributed by atoms with Crippen molar-refractivity contribution >= 4 is 46.5 Å². The molecule has 2 aromatic rings. The number of halogens is 2. The number of phenols is 1. The zero-order chi connectivity index (χ0) is 18.2. The Morgan fingerprint density at radius 1 is 1.12 bits per heavy atom. The lowest BCUT2D eigenvalue weighted by Gasteiger charge is -2.22. The van der Waals surface area contributed by atoms with Crippen LogP contribution in [0.4, 0.5) is 17.1 Å². The molecule has 0 radical (unpaired) electrons. The van der Waals surface area contributed by atoms with Crippen LogP contribution < -0.4 is 4.90 Å². The monoisotopic (exact) mass is 381 g/mol. The maximum Gasteiger partial charge on any atom is 0.271 e. The number of aliphatic imine (C=N–C) groups is 1. The Balaban J connectivity index is 2.17. The predicted molar refractivity (Wildman–Crippen MR) is 102 cm³/mol. The van der Waals surface area contributed by atoms with Crippen LogP contribution in [0.1, 0.15) is 5.56 Å². The van der Waals surface area contributed by atoms with Gasteiger partial charge in [0.1, 0.15) is 11.4 Å². The van der Waals surface area contributed by atoms with Crippen molar-refractivity contribution in [1.82, 2.24) is 0 Å². The molecule has 6 nitrogen and oxygen atoms in total. The van der Waals surface area contributed by atoms with E-state index in [1.165, 1.54) is 24.4 Å². The van der Waals surface area contributed by atoms with Crippen molar-refractivity contribution in [2.75, 3.05) is 29.7 Å². The molecule has 8 heteroatoms. The molecule has 0 aromatic heterocycles. The van der Waals surface area contributed by atoms with Crippen LogP contribution in [-0.2, 0) is 0 Å². The van der Waals surface area contributed by atoms with E-state index in [0.717, 1.165) is 11.3 Å². The Morgan fingerprint density at radius 3 is 2.32 bits per heavy atom. The topological polar surface area (TPSA) is 79.0 Å². The molecule has 1 N–H and O–H groups in total. The molecule has 0 spiro atoms. The maximum atomic E-state index is 10.8. The van der Waals surface area contributed by atoms with Crippen molar-refractivity contribution in [2.45, 2.75) is 0 Å².